The van der Waals surface area contributed by atoms with Crippen molar-refractivity contribution >= 4 is 0 Å². The SMILES string of the molecule is CCC1(C)CNC(C)(C2CC2)CN1CCn1ccnc1C. The molecule has 4 heteroatoms. The van der Waals surface area contributed by atoms with Crippen LogP contribution in [-0.2, 0) is 6.54 Å². The summed E-state index contributed by atoms with van der Waals surface area (Å²) in [6.45, 7) is 13.7. The molecule has 0 amide bonds. The lowest BCUT2D eigenvalue weighted by molar-refractivity contribution is 0.00826. The van der Waals surface area contributed by atoms with Crippen LogP contribution in [0.5, 0.6) is 0 Å². The Morgan fingerprint density at radius 2 is 2.10 bits per heavy atom. The van der Waals surface area contributed by atoms with E-state index in [1.54, 1.807) is 0 Å². The number of piperazine rings is 1. The summed E-state index contributed by atoms with van der Waals surface area (Å²) >= 11 is 0. The lowest BCUT2D eigenvalue weighted by Crippen LogP contribution is -2.69. The van der Waals surface area contributed by atoms with Crippen molar-refractivity contribution in [3.8, 4) is 0 Å². The van der Waals surface area contributed by atoms with Crippen molar-refractivity contribution in [2.75, 3.05) is 19.6 Å². The molecule has 1 aliphatic carbocycles. The monoisotopic (exact) mass is 290 g/mol. The van der Waals surface area contributed by atoms with Gasteiger partial charge in [0.1, 0.15) is 5.82 Å². The number of aryl methyl sites for hydroxylation is 1. The van der Waals surface area contributed by atoms with Gasteiger partial charge in [0.25, 0.3) is 0 Å². The molecule has 0 spiro atoms. The molecule has 2 atom stereocenters. The van der Waals surface area contributed by atoms with E-state index in [2.05, 4.69) is 53.7 Å². The topological polar surface area (TPSA) is 33.1 Å². The molecule has 2 heterocycles. The van der Waals surface area contributed by atoms with Gasteiger partial charge in [0.2, 0.25) is 0 Å². The number of hydrogen-bond acceptors (Lipinski definition) is 3. The van der Waals surface area contributed by atoms with Crippen molar-refractivity contribution in [2.24, 2.45) is 5.92 Å². The van der Waals surface area contributed by atoms with Crippen LogP contribution in [0.4, 0.5) is 0 Å². The summed E-state index contributed by atoms with van der Waals surface area (Å²) in [5.74, 6) is 2.00. The Labute approximate surface area is 128 Å². The fraction of sp³-hybridized carbons (Fsp3) is 0.824. The quantitative estimate of drug-likeness (QED) is 0.904. The number of rotatable bonds is 5. The van der Waals surface area contributed by atoms with E-state index in [4.69, 9.17) is 0 Å². The summed E-state index contributed by atoms with van der Waals surface area (Å²) in [4.78, 5) is 7.06. The summed E-state index contributed by atoms with van der Waals surface area (Å²) in [6.07, 6.45) is 8.01. The third-order valence-electron chi connectivity index (χ3n) is 5.93. The van der Waals surface area contributed by atoms with Gasteiger partial charge in [0.05, 0.1) is 0 Å². The van der Waals surface area contributed by atoms with Crippen molar-refractivity contribution in [2.45, 2.75) is 64.6 Å². The molecule has 0 bridgehead atoms. The molecule has 0 aromatic carbocycles. The smallest absolute Gasteiger partial charge is 0.105 e. The number of hydrogen-bond donors (Lipinski definition) is 1. The van der Waals surface area contributed by atoms with Crippen molar-refractivity contribution in [3.63, 3.8) is 0 Å². The van der Waals surface area contributed by atoms with Gasteiger partial charge in [-0.3, -0.25) is 4.90 Å². The highest BCUT2D eigenvalue weighted by Gasteiger charge is 2.48. The van der Waals surface area contributed by atoms with E-state index in [1.165, 1.54) is 25.8 Å². The molecule has 1 aliphatic heterocycles. The number of aromatic nitrogens is 2. The highest BCUT2D eigenvalue weighted by atomic mass is 15.3. The third kappa shape index (κ3) is 2.88. The van der Waals surface area contributed by atoms with Gasteiger partial charge in [-0.15, -0.1) is 0 Å². The minimum Gasteiger partial charge on any atom is -0.334 e. The summed E-state index contributed by atoms with van der Waals surface area (Å²) in [7, 11) is 0. The molecular formula is C17H30N4. The Kier molecular flexibility index (Phi) is 3.87. The molecule has 4 nitrogen and oxygen atoms in total. The second kappa shape index (κ2) is 5.40. The van der Waals surface area contributed by atoms with E-state index < -0.39 is 0 Å². The predicted octanol–water partition coefficient (Wildman–Crippen LogP) is 2.43. The van der Waals surface area contributed by atoms with E-state index in [0.717, 1.165) is 31.4 Å². The Hall–Kier alpha value is -0.870. The van der Waals surface area contributed by atoms with Crippen LogP contribution in [0.2, 0.25) is 0 Å². The van der Waals surface area contributed by atoms with Crippen LogP contribution in [0.25, 0.3) is 0 Å². The molecule has 2 fully saturated rings. The second-order valence-corrected chi connectivity index (χ2v) is 7.49. The molecule has 1 N–H and O–H groups in total. The summed E-state index contributed by atoms with van der Waals surface area (Å²) in [5, 5.41) is 3.87. The van der Waals surface area contributed by atoms with E-state index >= 15 is 0 Å². The van der Waals surface area contributed by atoms with Crippen LogP contribution in [0.15, 0.2) is 12.4 Å². The number of imidazole rings is 1. The Morgan fingerprint density at radius 3 is 2.67 bits per heavy atom. The van der Waals surface area contributed by atoms with Gasteiger partial charge in [-0.2, -0.15) is 0 Å². The molecule has 2 unspecified atom stereocenters. The highest BCUT2D eigenvalue weighted by Crippen LogP contribution is 2.42. The fourth-order valence-corrected chi connectivity index (χ4v) is 3.71. The van der Waals surface area contributed by atoms with Crippen molar-refractivity contribution in [1.29, 1.82) is 0 Å². The number of nitrogens with zero attached hydrogens (tertiary/aromatic N) is 3. The van der Waals surface area contributed by atoms with Gasteiger partial charge in [-0.05, 0) is 46.0 Å². The van der Waals surface area contributed by atoms with Crippen molar-refractivity contribution < 1.29 is 0 Å². The molecule has 1 aromatic rings. The van der Waals surface area contributed by atoms with Crippen LogP contribution in [0.3, 0.4) is 0 Å². The van der Waals surface area contributed by atoms with E-state index in [9.17, 15) is 0 Å². The van der Waals surface area contributed by atoms with Gasteiger partial charge in [-0.25, -0.2) is 4.98 Å². The van der Waals surface area contributed by atoms with E-state index in [1.807, 2.05) is 6.20 Å². The van der Waals surface area contributed by atoms with Gasteiger partial charge in [0.15, 0.2) is 0 Å². The maximum atomic E-state index is 4.34. The largest absolute Gasteiger partial charge is 0.334 e. The predicted molar refractivity (Wildman–Crippen MR) is 86.4 cm³/mol. The van der Waals surface area contributed by atoms with Crippen LogP contribution in [0.1, 0.15) is 45.9 Å². The van der Waals surface area contributed by atoms with Crippen LogP contribution in [-0.4, -0.2) is 45.2 Å². The van der Waals surface area contributed by atoms with E-state index in [-0.39, 0.29) is 5.54 Å². The van der Waals surface area contributed by atoms with Gasteiger partial charge >= 0.3 is 0 Å². The summed E-state index contributed by atoms with van der Waals surface area (Å²) < 4.78 is 2.27. The summed E-state index contributed by atoms with van der Waals surface area (Å²) in [5.41, 5.74) is 0.599. The molecular weight excluding hydrogens is 260 g/mol. The second-order valence-electron chi connectivity index (χ2n) is 7.49. The van der Waals surface area contributed by atoms with Gasteiger partial charge in [0, 0.05) is 49.7 Å². The first-order valence-corrected chi connectivity index (χ1v) is 8.45. The number of nitrogens with one attached hydrogen (secondary N) is 1. The van der Waals surface area contributed by atoms with Gasteiger partial charge in [-0.1, -0.05) is 6.92 Å². The zero-order valence-electron chi connectivity index (χ0n) is 14.0. The molecule has 1 saturated heterocycles. The molecule has 3 rings (SSSR count). The maximum absolute atomic E-state index is 4.34. The molecule has 2 aliphatic rings. The molecule has 118 valence electrons. The zero-order valence-corrected chi connectivity index (χ0v) is 14.0. The van der Waals surface area contributed by atoms with Crippen LogP contribution < -0.4 is 5.32 Å². The first kappa shape index (κ1) is 15.0. The lowest BCUT2D eigenvalue weighted by atomic mass is 9.84. The Bertz CT molecular complexity index is 493. The maximum Gasteiger partial charge on any atom is 0.105 e. The first-order valence-electron chi connectivity index (χ1n) is 8.45. The van der Waals surface area contributed by atoms with E-state index in [0.29, 0.717) is 5.54 Å². The van der Waals surface area contributed by atoms with Crippen molar-refractivity contribution in [1.82, 2.24) is 19.8 Å². The van der Waals surface area contributed by atoms with Crippen LogP contribution >= 0.6 is 0 Å². The van der Waals surface area contributed by atoms with Crippen LogP contribution in [0, 0.1) is 12.8 Å². The normalized spacial score (nSPS) is 34.3. The minimum atomic E-state index is 0.281. The molecule has 21 heavy (non-hydrogen) atoms. The molecule has 1 aromatic heterocycles. The van der Waals surface area contributed by atoms with Gasteiger partial charge < -0.3 is 9.88 Å². The lowest BCUT2D eigenvalue weighted by Gasteiger charge is -2.52. The fourth-order valence-electron chi connectivity index (χ4n) is 3.71. The zero-order chi connectivity index (χ0) is 15.1. The molecule has 0 radical (unpaired) electrons. The summed E-state index contributed by atoms with van der Waals surface area (Å²) in [6, 6.07) is 0. The Morgan fingerprint density at radius 1 is 1.33 bits per heavy atom. The average Bonchev–Trinajstić information content (AvgIpc) is 3.25. The first-order chi connectivity index (χ1) is 9.97. The Balaban J connectivity index is 1.70. The van der Waals surface area contributed by atoms with Crippen molar-refractivity contribution in [3.05, 3.63) is 18.2 Å². The minimum absolute atomic E-state index is 0.281. The highest BCUT2D eigenvalue weighted by molar-refractivity contribution is 5.07. The third-order valence-corrected chi connectivity index (χ3v) is 5.93. The average molecular weight is 290 g/mol. The molecule has 1 saturated carbocycles. The standard InChI is InChI=1S/C17H30N4/c1-5-16(3)12-19-17(4,15-6-7-15)13-21(16)11-10-20-9-8-18-14(20)2/h8-9,15,19H,5-7,10-13H2,1-4H3.